The minimum Gasteiger partial charge on any atom is -0.484 e. The van der Waals surface area contributed by atoms with Gasteiger partial charge in [0.2, 0.25) is 5.91 Å². The number of ether oxygens (including phenoxy) is 1. The molecule has 0 aliphatic carbocycles. The first-order valence-corrected chi connectivity index (χ1v) is 16.6. The van der Waals surface area contributed by atoms with Crippen molar-refractivity contribution in [2.45, 2.75) is 78.2 Å². The van der Waals surface area contributed by atoms with Crippen LogP contribution in [0.15, 0.2) is 64.0 Å². The second kappa shape index (κ2) is 19.1. The summed E-state index contributed by atoms with van der Waals surface area (Å²) < 4.78 is 5.53. The first kappa shape index (κ1) is 39.2. The summed E-state index contributed by atoms with van der Waals surface area (Å²) in [4.78, 5) is 72.6. The molecule has 0 radical (unpaired) electrons. The number of amides is 2. The van der Waals surface area contributed by atoms with Crippen molar-refractivity contribution < 1.29 is 43.7 Å². The summed E-state index contributed by atoms with van der Waals surface area (Å²) in [6, 6.07) is 13.6. The Morgan fingerprint density at radius 1 is 0.820 bits per heavy atom. The molecule has 2 aromatic rings. The third-order valence-corrected chi connectivity index (χ3v) is 8.13. The van der Waals surface area contributed by atoms with Crippen LogP contribution >= 0.6 is 0 Å². The van der Waals surface area contributed by atoms with Gasteiger partial charge in [-0.2, -0.15) is 5.11 Å². The second-order valence-electron chi connectivity index (χ2n) is 13.1. The highest BCUT2D eigenvalue weighted by Gasteiger charge is 2.28. The fourth-order valence-electron chi connectivity index (χ4n) is 5.05. The zero-order valence-corrected chi connectivity index (χ0v) is 28.6. The summed E-state index contributed by atoms with van der Waals surface area (Å²) >= 11 is 0. The smallest absolute Gasteiger partial charge is 0.326 e. The van der Waals surface area contributed by atoms with Gasteiger partial charge in [0.15, 0.2) is 6.61 Å². The molecule has 1 aliphatic heterocycles. The molecule has 1 heterocycles. The number of aliphatic carboxylic acids is 2. The Morgan fingerprint density at radius 3 is 2.04 bits per heavy atom. The van der Waals surface area contributed by atoms with Crippen LogP contribution in [-0.2, 0) is 28.8 Å². The summed E-state index contributed by atoms with van der Waals surface area (Å²) in [5, 5.41) is 35.1. The third-order valence-electron chi connectivity index (χ3n) is 8.13. The first-order chi connectivity index (χ1) is 23.7. The Balaban J connectivity index is 1.37. The predicted molar refractivity (Wildman–Crippen MR) is 184 cm³/mol. The van der Waals surface area contributed by atoms with Crippen molar-refractivity contribution in [1.29, 1.82) is 0 Å². The maximum atomic E-state index is 12.6. The summed E-state index contributed by atoms with van der Waals surface area (Å²) in [7, 11) is 0. The van der Waals surface area contributed by atoms with Gasteiger partial charge in [-0.05, 0) is 53.3 Å². The van der Waals surface area contributed by atoms with E-state index < -0.39 is 47.7 Å². The van der Waals surface area contributed by atoms with Crippen molar-refractivity contribution in [1.82, 2.24) is 10.6 Å². The van der Waals surface area contributed by atoms with Gasteiger partial charge in [-0.3, -0.25) is 24.0 Å². The highest BCUT2D eigenvalue weighted by molar-refractivity contribution is 6.02. The fraction of sp³-hybridized carbons (Fsp3) is 0.472. The quantitative estimate of drug-likeness (QED) is 0.135. The molecule has 0 aromatic heterocycles. The van der Waals surface area contributed by atoms with E-state index in [0.29, 0.717) is 31.6 Å². The zero-order chi connectivity index (χ0) is 36.7. The molecule has 0 saturated carbocycles. The van der Waals surface area contributed by atoms with Crippen LogP contribution in [0.1, 0.15) is 77.7 Å². The van der Waals surface area contributed by atoms with Crippen LogP contribution in [0.3, 0.4) is 0 Å². The molecule has 1 unspecified atom stereocenters. The van der Waals surface area contributed by atoms with Crippen molar-refractivity contribution in [3.63, 3.8) is 0 Å². The van der Waals surface area contributed by atoms with E-state index in [-0.39, 0.29) is 50.2 Å². The summed E-state index contributed by atoms with van der Waals surface area (Å²) in [5.74, 6) is -3.92. The van der Waals surface area contributed by atoms with Gasteiger partial charge in [0.1, 0.15) is 29.9 Å². The van der Waals surface area contributed by atoms with Crippen LogP contribution in [-0.4, -0.2) is 77.0 Å². The van der Waals surface area contributed by atoms with Crippen molar-refractivity contribution in [3.8, 4) is 16.9 Å². The third kappa shape index (κ3) is 13.3. The zero-order valence-electron chi connectivity index (χ0n) is 28.6. The topological polar surface area (TPSA) is 213 Å². The van der Waals surface area contributed by atoms with E-state index in [9.17, 15) is 33.9 Å². The molecule has 0 saturated heterocycles. The second-order valence-corrected chi connectivity index (χ2v) is 13.1. The van der Waals surface area contributed by atoms with Crippen molar-refractivity contribution in [2.75, 3.05) is 19.7 Å². The molecule has 2 aromatic carbocycles. The van der Waals surface area contributed by atoms with Gasteiger partial charge in [0.05, 0.1) is 12.1 Å². The lowest BCUT2D eigenvalue weighted by atomic mass is 9.81. The minimum atomic E-state index is -1.29. The number of benzene rings is 2. The first-order valence-electron chi connectivity index (χ1n) is 16.6. The van der Waals surface area contributed by atoms with Crippen LogP contribution in [0.2, 0.25) is 0 Å². The largest absolute Gasteiger partial charge is 0.484 e. The number of Topliss-reactive ketones (excluding diaryl/α,β-unsaturated/α-hetero) is 2. The maximum Gasteiger partial charge on any atom is 0.326 e. The van der Waals surface area contributed by atoms with E-state index in [1.54, 1.807) is 32.9 Å². The van der Waals surface area contributed by atoms with E-state index in [0.717, 1.165) is 22.4 Å². The number of carboxylic acid groups (broad SMARTS) is 2. The van der Waals surface area contributed by atoms with E-state index in [4.69, 9.17) is 9.84 Å². The fourth-order valence-corrected chi connectivity index (χ4v) is 5.05. The Bertz CT molecular complexity index is 1580. The molecule has 4 N–H and O–H groups in total. The van der Waals surface area contributed by atoms with Gasteiger partial charge in [0.25, 0.3) is 5.91 Å². The molecule has 3 rings (SSSR count). The van der Waals surface area contributed by atoms with Crippen LogP contribution in [0, 0.1) is 11.3 Å². The van der Waals surface area contributed by atoms with Crippen molar-refractivity contribution >= 4 is 41.0 Å². The summed E-state index contributed by atoms with van der Waals surface area (Å²) in [5.41, 5.74) is 3.03. The molecular formula is C36H45N5O9. The number of carboxylic acids is 2. The molecule has 0 fully saturated rings. The van der Waals surface area contributed by atoms with Crippen molar-refractivity contribution in [3.05, 3.63) is 54.1 Å². The number of nitrogens with zero attached hydrogens (tertiary/aromatic N) is 3. The molecular weight excluding hydrogens is 646 g/mol. The average Bonchev–Trinajstić information content (AvgIpc) is 3.62. The van der Waals surface area contributed by atoms with Crippen LogP contribution in [0.5, 0.6) is 5.75 Å². The predicted octanol–water partition coefficient (Wildman–Crippen LogP) is 4.59. The molecule has 1 aliphatic rings. The Morgan fingerprint density at radius 2 is 1.46 bits per heavy atom. The molecule has 2 amide bonds. The molecule has 268 valence electrons. The van der Waals surface area contributed by atoms with E-state index in [1.165, 1.54) is 0 Å². The number of hydrogen-bond acceptors (Lipinski definition) is 10. The Labute approximate surface area is 290 Å². The minimum absolute atomic E-state index is 0.0373. The number of carbonyl (C=O) groups is 6. The molecule has 50 heavy (non-hydrogen) atoms. The van der Waals surface area contributed by atoms with Gasteiger partial charge in [-0.15, -0.1) is 5.10 Å². The molecule has 2 atom stereocenters. The molecule has 0 spiro atoms. The SMILES string of the molecule is CC(C)(C)C(=O)C[C@@H](CCCCNC(=O)CCC(NC(=O)COc1ccc(-c2ccc(C3=NN=NC3)cc2)cc1)C(=O)O)C(=O)CCC(=O)O. The molecule has 0 bridgehead atoms. The van der Waals surface area contributed by atoms with Gasteiger partial charge < -0.3 is 25.6 Å². The molecule has 14 heteroatoms. The lowest BCUT2D eigenvalue weighted by Gasteiger charge is -2.21. The lowest BCUT2D eigenvalue weighted by Crippen LogP contribution is -2.43. The summed E-state index contributed by atoms with van der Waals surface area (Å²) in [6.07, 6.45) is 0.739. The maximum absolute atomic E-state index is 12.6. The molecule has 14 nitrogen and oxygen atoms in total. The average molecular weight is 692 g/mol. The summed E-state index contributed by atoms with van der Waals surface area (Å²) in [6.45, 7) is 5.61. The Hall–Kier alpha value is -5.27. The number of nitrogens with one attached hydrogen (secondary N) is 2. The van der Waals surface area contributed by atoms with Crippen molar-refractivity contribution in [2.24, 2.45) is 26.8 Å². The number of unbranched alkanes of at least 4 members (excludes halogenated alkanes) is 1. The monoisotopic (exact) mass is 691 g/mol. The van der Waals surface area contributed by atoms with Crippen LogP contribution in [0.25, 0.3) is 11.1 Å². The highest BCUT2D eigenvalue weighted by atomic mass is 16.5. The standard InChI is InChI=1S/C36H45N5O9/c1-36(2,3)31(43)20-26(30(42)16-18-34(46)47)6-4-5-19-37-32(44)17-15-28(35(48)49)39-33(45)22-50-27-13-11-24(12-14-27)23-7-9-25(10-8-23)29-21-38-41-40-29/h7-14,26,28H,4-6,15-22H2,1-3H3,(H,37,44)(H,39,45)(H,46,47)(H,48,49)/t26-,28?/m1/s1. The van der Waals surface area contributed by atoms with Gasteiger partial charge in [0, 0.05) is 37.1 Å². The Kier molecular flexibility index (Phi) is 14.9. The van der Waals surface area contributed by atoms with Crippen LogP contribution in [0.4, 0.5) is 0 Å². The van der Waals surface area contributed by atoms with E-state index in [1.807, 2.05) is 36.4 Å². The van der Waals surface area contributed by atoms with Gasteiger partial charge in [-0.1, -0.05) is 63.6 Å². The highest BCUT2D eigenvalue weighted by Crippen LogP contribution is 2.25. The lowest BCUT2D eigenvalue weighted by molar-refractivity contribution is -0.142. The van der Waals surface area contributed by atoms with Gasteiger partial charge in [-0.25, -0.2) is 4.79 Å². The number of rotatable bonds is 21. The van der Waals surface area contributed by atoms with Crippen LogP contribution < -0.4 is 15.4 Å². The van der Waals surface area contributed by atoms with E-state index >= 15 is 0 Å². The van der Waals surface area contributed by atoms with E-state index in [2.05, 4.69) is 26.1 Å². The van der Waals surface area contributed by atoms with Gasteiger partial charge >= 0.3 is 11.9 Å². The number of hydrogen-bond donors (Lipinski definition) is 4. The number of carbonyl (C=O) groups excluding carboxylic acids is 4. The normalized spacial score (nSPS) is 13.5. The number of ketones is 2.